The van der Waals surface area contributed by atoms with E-state index in [1.54, 1.807) is 19.1 Å². The van der Waals surface area contributed by atoms with E-state index in [4.69, 9.17) is 0 Å². The molecule has 2 aromatic rings. The van der Waals surface area contributed by atoms with E-state index in [-0.39, 0.29) is 22.2 Å². The molecule has 20 heavy (non-hydrogen) atoms. The molecule has 0 atom stereocenters. The zero-order chi connectivity index (χ0) is 15.1. The summed E-state index contributed by atoms with van der Waals surface area (Å²) in [5, 5.41) is 15.6. The third kappa shape index (κ3) is 2.43. The van der Waals surface area contributed by atoms with Crippen molar-refractivity contribution in [2.45, 2.75) is 33.1 Å². The Bertz CT molecular complexity index is 669. The number of benzene rings is 1. The van der Waals surface area contributed by atoms with Crippen LogP contribution in [0.3, 0.4) is 0 Å². The van der Waals surface area contributed by atoms with Crippen molar-refractivity contribution in [3.05, 3.63) is 40.8 Å². The van der Waals surface area contributed by atoms with Crippen LogP contribution in [0.4, 0.5) is 4.39 Å². The normalized spacial score (nSPS) is 11.7. The molecule has 0 aliphatic heterocycles. The molecule has 2 rings (SSSR count). The van der Waals surface area contributed by atoms with E-state index >= 15 is 0 Å². The SMILES string of the molecule is Cc1n[nH]c(-c2ccc(C(C)(C)C)cc2F)c1C(=O)O. The van der Waals surface area contributed by atoms with Gasteiger partial charge in [-0.3, -0.25) is 5.10 Å². The van der Waals surface area contributed by atoms with Crippen molar-refractivity contribution in [2.75, 3.05) is 0 Å². The molecule has 106 valence electrons. The molecule has 1 aromatic carbocycles. The van der Waals surface area contributed by atoms with Crippen LogP contribution in [-0.4, -0.2) is 21.3 Å². The maximum absolute atomic E-state index is 14.3. The second-order valence-electron chi connectivity index (χ2n) is 5.81. The number of nitrogens with zero attached hydrogens (tertiary/aromatic N) is 1. The van der Waals surface area contributed by atoms with Crippen LogP contribution < -0.4 is 0 Å². The summed E-state index contributed by atoms with van der Waals surface area (Å²) >= 11 is 0. The quantitative estimate of drug-likeness (QED) is 0.882. The summed E-state index contributed by atoms with van der Waals surface area (Å²) in [7, 11) is 0. The first-order valence-corrected chi connectivity index (χ1v) is 6.30. The predicted octanol–water partition coefficient (Wildman–Crippen LogP) is 3.52. The number of halogens is 1. The van der Waals surface area contributed by atoms with Crippen molar-refractivity contribution in [2.24, 2.45) is 0 Å². The van der Waals surface area contributed by atoms with Crippen LogP contribution in [0.25, 0.3) is 11.3 Å². The van der Waals surface area contributed by atoms with E-state index in [1.807, 2.05) is 20.8 Å². The number of H-pyrrole nitrogens is 1. The van der Waals surface area contributed by atoms with Gasteiger partial charge in [-0.2, -0.15) is 5.10 Å². The molecule has 0 amide bonds. The van der Waals surface area contributed by atoms with Crippen LogP contribution in [0.5, 0.6) is 0 Å². The van der Waals surface area contributed by atoms with Crippen LogP contribution in [0, 0.1) is 12.7 Å². The number of nitrogens with one attached hydrogen (secondary N) is 1. The van der Waals surface area contributed by atoms with Gasteiger partial charge in [0.2, 0.25) is 0 Å². The third-order valence-corrected chi connectivity index (χ3v) is 3.27. The summed E-state index contributed by atoms with van der Waals surface area (Å²) in [5.74, 6) is -1.57. The monoisotopic (exact) mass is 276 g/mol. The first kappa shape index (κ1) is 14.2. The summed E-state index contributed by atoms with van der Waals surface area (Å²) in [6.45, 7) is 7.55. The summed E-state index contributed by atoms with van der Waals surface area (Å²) in [5.41, 5.74) is 1.45. The number of rotatable bonds is 2. The number of aromatic carboxylic acids is 1. The standard InChI is InChI=1S/C15H17FN2O2/c1-8-12(14(19)20)13(18-17-8)10-6-5-9(7-11(10)16)15(2,3)4/h5-7H,1-4H3,(H,17,18)(H,19,20). The zero-order valence-corrected chi connectivity index (χ0v) is 11.9. The van der Waals surface area contributed by atoms with Gasteiger partial charge in [-0.05, 0) is 30.0 Å². The smallest absolute Gasteiger partial charge is 0.339 e. The lowest BCUT2D eigenvalue weighted by atomic mass is 9.86. The highest BCUT2D eigenvalue weighted by molar-refractivity contribution is 5.96. The highest BCUT2D eigenvalue weighted by Crippen LogP contribution is 2.30. The van der Waals surface area contributed by atoms with Crippen molar-refractivity contribution in [3.8, 4) is 11.3 Å². The Morgan fingerprint density at radius 2 is 2.00 bits per heavy atom. The molecule has 0 saturated heterocycles. The van der Waals surface area contributed by atoms with Gasteiger partial charge in [0.1, 0.15) is 11.4 Å². The van der Waals surface area contributed by atoms with Crippen molar-refractivity contribution in [1.82, 2.24) is 10.2 Å². The highest BCUT2D eigenvalue weighted by Gasteiger charge is 2.22. The summed E-state index contributed by atoms with van der Waals surface area (Å²) in [4.78, 5) is 11.2. The molecule has 0 aliphatic rings. The first-order chi connectivity index (χ1) is 9.21. The van der Waals surface area contributed by atoms with E-state index in [1.165, 1.54) is 6.07 Å². The minimum Gasteiger partial charge on any atom is -0.478 e. The van der Waals surface area contributed by atoms with Crippen molar-refractivity contribution >= 4 is 5.97 Å². The first-order valence-electron chi connectivity index (χ1n) is 6.30. The minimum atomic E-state index is -1.12. The number of carbonyl (C=O) groups is 1. The van der Waals surface area contributed by atoms with Crippen LogP contribution in [0.1, 0.15) is 42.4 Å². The number of hydrogen-bond donors (Lipinski definition) is 2. The summed E-state index contributed by atoms with van der Waals surface area (Å²) in [6.07, 6.45) is 0. The average Bonchev–Trinajstić information content (AvgIpc) is 2.69. The highest BCUT2D eigenvalue weighted by atomic mass is 19.1. The Balaban J connectivity index is 2.58. The molecule has 5 heteroatoms. The second kappa shape index (κ2) is 4.74. The van der Waals surface area contributed by atoms with Gasteiger partial charge >= 0.3 is 5.97 Å². The number of aromatic amines is 1. The fourth-order valence-electron chi connectivity index (χ4n) is 2.07. The lowest BCUT2D eigenvalue weighted by molar-refractivity contribution is 0.0697. The second-order valence-corrected chi connectivity index (χ2v) is 5.81. The van der Waals surface area contributed by atoms with E-state index in [0.29, 0.717) is 5.69 Å². The van der Waals surface area contributed by atoms with Gasteiger partial charge in [0.25, 0.3) is 0 Å². The maximum atomic E-state index is 14.3. The minimum absolute atomic E-state index is 0.00686. The lowest BCUT2D eigenvalue weighted by Gasteiger charge is -2.19. The molecule has 0 radical (unpaired) electrons. The molecule has 0 unspecified atom stereocenters. The molecule has 0 saturated carbocycles. The molecule has 1 aromatic heterocycles. The van der Waals surface area contributed by atoms with Crippen molar-refractivity contribution < 1.29 is 14.3 Å². The topological polar surface area (TPSA) is 66.0 Å². The van der Waals surface area contributed by atoms with Gasteiger partial charge < -0.3 is 5.11 Å². The van der Waals surface area contributed by atoms with E-state index in [2.05, 4.69) is 10.2 Å². The molecule has 2 N–H and O–H groups in total. The molecular formula is C15H17FN2O2. The zero-order valence-electron chi connectivity index (χ0n) is 11.9. The van der Waals surface area contributed by atoms with Crippen LogP contribution in [0.15, 0.2) is 18.2 Å². The van der Waals surface area contributed by atoms with Gasteiger partial charge in [0.15, 0.2) is 0 Å². The Kier molecular flexibility index (Phi) is 3.38. The van der Waals surface area contributed by atoms with Crippen molar-refractivity contribution in [1.29, 1.82) is 0 Å². The van der Waals surface area contributed by atoms with Gasteiger partial charge in [0, 0.05) is 5.56 Å². The molecule has 0 aliphatic carbocycles. The third-order valence-electron chi connectivity index (χ3n) is 3.27. The summed E-state index contributed by atoms with van der Waals surface area (Å²) in [6, 6.07) is 4.84. The molecule has 0 bridgehead atoms. The Hall–Kier alpha value is -2.17. The summed E-state index contributed by atoms with van der Waals surface area (Å²) < 4.78 is 14.3. The maximum Gasteiger partial charge on any atom is 0.339 e. The van der Waals surface area contributed by atoms with Gasteiger partial charge in [-0.25, -0.2) is 9.18 Å². The Labute approximate surface area is 116 Å². The Morgan fingerprint density at radius 3 is 2.50 bits per heavy atom. The number of aryl methyl sites for hydroxylation is 1. The molecule has 0 spiro atoms. The van der Waals surface area contributed by atoms with Crippen LogP contribution >= 0.6 is 0 Å². The largest absolute Gasteiger partial charge is 0.478 e. The van der Waals surface area contributed by atoms with Crippen LogP contribution in [-0.2, 0) is 5.41 Å². The van der Waals surface area contributed by atoms with E-state index in [9.17, 15) is 14.3 Å². The number of hydrogen-bond acceptors (Lipinski definition) is 2. The molecule has 1 heterocycles. The van der Waals surface area contributed by atoms with Crippen LogP contribution in [0.2, 0.25) is 0 Å². The van der Waals surface area contributed by atoms with Gasteiger partial charge in [-0.1, -0.05) is 26.8 Å². The lowest BCUT2D eigenvalue weighted by Crippen LogP contribution is -2.11. The number of carboxylic acids is 1. The fraction of sp³-hybridized carbons (Fsp3) is 0.333. The average molecular weight is 276 g/mol. The number of carboxylic acid groups (broad SMARTS) is 1. The molecular weight excluding hydrogens is 259 g/mol. The molecule has 0 fully saturated rings. The predicted molar refractivity (Wildman–Crippen MR) is 74.4 cm³/mol. The van der Waals surface area contributed by atoms with E-state index < -0.39 is 11.8 Å². The van der Waals surface area contributed by atoms with Gasteiger partial charge in [0.05, 0.1) is 11.4 Å². The fourth-order valence-corrected chi connectivity index (χ4v) is 2.07. The Morgan fingerprint density at radius 1 is 1.35 bits per heavy atom. The van der Waals surface area contributed by atoms with E-state index in [0.717, 1.165) is 5.56 Å². The van der Waals surface area contributed by atoms with Crippen molar-refractivity contribution in [3.63, 3.8) is 0 Å². The molecule has 4 nitrogen and oxygen atoms in total. The van der Waals surface area contributed by atoms with Gasteiger partial charge in [-0.15, -0.1) is 0 Å². The number of aromatic nitrogens is 2.